The number of alkyl carbamates (subject to hydrolysis) is 1. The van der Waals surface area contributed by atoms with E-state index in [-0.39, 0.29) is 4.90 Å². The average Bonchev–Trinajstić information content (AvgIpc) is 2.27. The van der Waals surface area contributed by atoms with Crippen LogP contribution in [0.3, 0.4) is 0 Å². The fourth-order valence-corrected chi connectivity index (χ4v) is 2.49. The highest BCUT2D eigenvalue weighted by Gasteiger charge is 2.27. The molecular weight excluding hydrogens is 266 g/mol. The minimum absolute atomic E-state index is 0.131. The zero-order chi connectivity index (χ0) is 14.7. The van der Waals surface area contributed by atoms with Crippen molar-refractivity contribution in [3.8, 4) is 0 Å². The van der Waals surface area contributed by atoms with Gasteiger partial charge in [-0.15, -0.1) is 0 Å². The van der Waals surface area contributed by atoms with Crippen LogP contribution in [0.15, 0.2) is 35.2 Å². The molecule has 5 nitrogen and oxygen atoms in total. The van der Waals surface area contributed by atoms with Crippen molar-refractivity contribution in [3.05, 3.63) is 30.3 Å². The molecule has 1 N–H and O–H groups in total. The first kappa shape index (κ1) is 15.5. The molecule has 0 aliphatic carbocycles. The maximum atomic E-state index is 12.1. The van der Waals surface area contributed by atoms with Gasteiger partial charge in [0.15, 0.2) is 0 Å². The second kappa shape index (κ2) is 5.61. The molecule has 1 aromatic rings. The van der Waals surface area contributed by atoms with E-state index in [0.29, 0.717) is 0 Å². The fraction of sp³-hybridized carbons (Fsp3) is 0.462. The van der Waals surface area contributed by atoms with E-state index < -0.39 is 26.9 Å². The number of carbonyl (C=O) groups excluding carboxylic acids is 1. The minimum atomic E-state index is -3.67. The van der Waals surface area contributed by atoms with E-state index in [1.807, 2.05) is 0 Å². The van der Waals surface area contributed by atoms with Crippen LogP contribution in [0.4, 0.5) is 4.79 Å². The zero-order valence-corrected chi connectivity index (χ0v) is 12.3. The number of hydrogen-bond acceptors (Lipinski definition) is 4. The van der Waals surface area contributed by atoms with Crippen molar-refractivity contribution in [1.82, 2.24) is 5.32 Å². The van der Waals surface area contributed by atoms with Gasteiger partial charge in [-0.05, 0) is 39.8 Å². The van der Waals surface area contributed by atoms with Crippen LogP contribution in [-0.4, -0.2) is 25.5 Å². The molecule has 6 heteroatoms. The van der Waals surface area contributed by atoms with Crippen LogP contribution in [0, 0.1) is 0 Å². The van der Waals surface area contributed by atoms with E-state index in [2.05, 4.69) is 5.32 Å². The summed E-state index contributed by atoms with van der Waals surface area (Å²) in [7, 11) is -3.67. The van der Waals surface area contributed by atoms with Gasteiger partial charge in [-0.25, -0.2) is 13.2 Å². The lowest BCUT2D eigenvalue weighted by molar-refractivity contribution is 0.129. The average molecular weight is 285 g/mol. The summed E-state index contributed by atoms with van der Waals surface area (Å²) in [6.45, 7) is 6.68. The Balaban J connectivity index is 2.79. The van der Waals surface area contributed by atoms with Gasteiger partial charge in [-0.3, -0.25) is 0 Å². The van der Waals surface area contributed by atoms with Crippen LogP contribution in [0.2, 0.25) is 0 Å². The number of ether oxygens (including phenoxy) is 1. The monoisotopic (exact) mass is 285 g/mol. The summed E-state index contributed by atoms with van der Waals surface area (Å²) in [5.41, 5.74) is -1.72. The van der Waals surface area contributed by atoms with Crippen LogP contribution >= 0.6 is 0 Å². The highest BCUT2D eigenvalue weighted by atomic mass is 32.2. The van der Waals surface area contributed by atoms with Gasteiger partial charge in [0.05, 0.1) is 4.90 Å². The second-order valence-electron chi connectivity index (χ2n) is 5.21. The lowest BCUT2D eigenvalue weighted by atomic mass is 10.1. The van der Waals surface area contributed by atoms with Crippen LogP contribution in [-0.2, 0) is 14.6 Å². The van der Waals surface area contributed by atoms with Crippen molar-refractivity contribution < 1.29 is 17.9 Å². The molecule has 0 saturated carbocycles. The number of amides is 1. The van der Waals surface area contributed by atoms with Crippen molar-refractivity contribution in [2.24, 2.45) is 0 Å². The first-order valence-electron chi connectivity index (χ1n) is 5.91. The van der Waals surface area contributed by atoms with Crippen molar-refractivity contribution in [2.75, 3.05) is 0 Å². The van der Waals surface area contributed by atoms with Crippen LogP contribution < -0.4 is 5.32 Å². The van der Waals surface area contributed by atoms with Crippen molar-refractivity contribution in [3.63, 3.8) is 0 Å². The van der Waals surface area contributed by atoms with E-state index in [4.69, 9.17) is 4.74 Å². The first-order chi connectivity index (χ1) is 8.63. The Morgan fingerprint density at radius 3 is 2.21 bits per heavy atom. The summed E-state index contributed by atoms with van der Waals surface area (Å²) < 4.78 is 29.2. The zero-order valence-electron chi connectivity index (χ0n) is 11.5. The molecule has 1 rings (SSSR count). The van der Waals surface area contributed by atoms with Crippen LogP contribution in [0.5, 0.6) is 0 Å². The Morgan fingerprint density at radius 1 is 1.21 bits per heavy atom. The third-order valence-electron chi connectivity index (χ3n) is 2.26. The fourth-order valence-electron chi connectivity index (χ4n) is 1.35. The number of hydrogen-bond donors (Lipinski definition) is 1. The van der Waals surface area contributed by atoms with Gasteiger partial charge in [0.1, 0.15) is 0 Å². The topological polar surface area (TPSA) is 72.5 Å². The summed E-state index contributed by atoms with van der Waals surface area (Å²) in [6, 6.07) is 7.90. The van der Waals surface area contributed by atoms with E-state index >= 15 is 0 Å². The highest BCUT2D eigenvalue weighted by molar-refractivity contribution is 7.91. The molecule has 0 fully saturated rings. The number of sulfone groups is 1. The predicted octanol–water partition coefficient (Wildman–Crippen LogP) is 2.33. The molecule has 0 spiro atoms. The summed E-state index contributed by atoms with van der Waals surface area (Å²) >= 11 is 0. The van der Waals surface area contributed by atoms with Crippen LogP contribution in [0.25, 0.3) is 0 Å². The SMILES string of the molecule is CC(OC(=O)NC(C)(C)C)S(=O)(=O)c1ccccc1. The summed E-state index contributed by atoms with van der Waals surface area (Å²) in [6.07, 6.45) is -0.750. The standard InChI is InChI=1S/C13H19NO4S/c1-10(18-12(15)14-13(2,3)4)19(16,17)11-8-6-5-7-9-11/h5-10H,1-4H3,(H,14,15). The van der Waals surface area contributed by atoms with Gasteiger partial charge in [-0.2, -0.15) is 0 Å². The summed E-state index contributed by atoms with van der Waals surface area (Å²) in [5, 5.41) is 2.55. The van der Waals surface area contributed by atoms with Crippen molar-refractivity contribution in [2.45, 2.75) is 43.6 Å². The van der Waals surface area contributed by atoms with Gasteiger partial charge in [0, 0.05) is 5.54 Å². The summed E-state index contributed by atoms with van der Waals surface area (Å²) in [5.74, 6) is 0. The minimum Gasteiger partial charge on any atom is -0.430 e. The molecule has 0 bridgehead atoms. The Kier molecular flexibility index (Phi) is 4.57. The molecule has 1 aromatic carbocycles. The first-order valence-corrected chi connectivity index (χ1v) is 7.45. The van der Waals surface area contributed by atoms with E-state index in [9.17, 15) is 13.2 Å². The third kappa shape index (κ3) is 4.55. The molecule has 106 valence electrons. The molecule has 1 amide bonds. The number of benzene rings is 1. The molecule has 1 unspecified atom stereocenters. The molecule has 0 aliphatic heterocycles. The Labute approximate surface area is 113 Å². The molecule has 0 aromatic heterocycles. The maximum absolute atomic E-state index is 12.1. The van der Waals surface area contributed by atoms with Crippen LogP contribution in [0.1, 0.15) is 27.7 Å². The molecule has 0 radical (unpaired) electrons. The lowest BCUT2D eigenvalue weighted by Gasteiger charge is -2.22. The Morgan fingerprint density at radius 2 is 1.74 bits per heavy atom. The second-order valence-corrected chi connectivity index (χ2v) is 7.43. The highest BCUT2D eigenvalue weighted by Crippen LogP contribution is 2.16. The normalized spacial score (nSPS) is 13.7. The van der Waals surface area contributed by atoms with Gasteiger partial charge >= 0.3 is 6.09 Å². The maximum Gasteiger partial charge on any atom is 0.408 e. The smallest absolute Gasteiger partial charge is 0.408 e. The Hall–Kier alpha value is -1.56. The predicted molar refractivity (Wildman–Crippen MR) is 72.5 cm³/mol. The molecule has 0 aliphatic rings. The third-order valence-corrected chi connectivity index (χ3v) is 4.16. The number of rotatable bonds is 3. The molecular formula is C13H19NO4S. The summed E-state index contributed by atoms with van der Waals surface area (Å²) in [4.78, 5) is 11.7. The van der Waals surface area contributed by atoms with Gasteiger partial charge in [0.2, 0.25) is 15.3 Å². The number of carbonyl (C=O) groups is 1. The van der Waals surface area contributed by atoms with Crippen molar-refractivity contribution >= 4 is 15.9 Å². The van der Waals surface area contributed by atoms with Gasteiger partial charge in [0.25, 0.3) is 0 Å². The lowest BCUT2D eigenvalue weighted by Crippen LogP contribution is -2.42. The Bertz CT molecular complexity index is 532. The molecule has 19 heavy (non-hydrogen) atoms. The molecule has 0 heterocycles. The van der Waals surface area contributed by atoms with Crippen molar-refractivity contribution in [1.29, 1.82) is 0 Å². The molecule has 1 atom stereocenters. The van der Waals surface area contributed by atoms with Gasteiger partial charge < -0.3 is 10.1 Å². The largest absolute Gasteiger partial charge is 0.430 e. The number of nitrogens with one attached hydrogen (secondary N) is 1. The van der Waals surface area contributed by atoms with E-state index in [1.165, 1.54) is 19.1 Å². The van der Waals surface area contributed by atoms with E-state index in [0.717, 1.165) is 0 Å². The quantitative estimate of drug-likeness (QED) is 0.925. The van der Waals surface area contributed by atoms with E-state index in [1.54, 1.807) is 39.0 Å². The molecule has 0 saturated heterocycles. The van der Waals surface area contributed by atoms with Gasteiger partial charge in [-0.1, -0.05) is 18.2 Å².